The lowest BCUT2D eigenvalue weighted by atomic mass is 10.7. The molecule has 9 heavy (non-hydrogen) atoms. The lowest BCUT2D eigenvalue weighted by molar-refractivity contribution is -0.196. The predicted molar refractivity (Wildman–Crippen MR) is 28.8 cm³/mol. The molecule has 0 bridgehead atoms. The van der Waals surface area contributed by atoms with E-state index in [2.05, 4.69) is 15.8 Å². The van der Waals surface area contributed by atoms with Crippen molar-refractivity contribution in [2.24, 2.45) is 0 Å². The summed E-state index contributed by atoms with van der Waals surface area (Å²) in [6.07, 6.45) is 1.27. The smallest absolute Gasteiger partial charge is 0.262 e. The SMILES string of the molecule is C=CCOOS(=O)(=O)O. The average molecular weight is 154 g/mol. The van der Waals surface area contributed by atoms with Gasteiger partial charge in [-0.05, 0) is 0 Å². The second kappa shape index (κ2) is 3.57. The highest BCUT2D eigenvalue weighted by Gasteiger charge is 2.02. The maximum Gasteiger partial charge on any atom is 0.424 e. The summed E-state index contributed by atoms with van der Waals surface area (Å²) in [5.74, 6) is 0. The molecular formula is C3H6O5S. The van der Waals surface area contributed by atoms with Crippen molar-refractivity contribution in [3.05, 3.63) is 12.7 Å². The Morgan fingerprint density at radius 1 is 1.67 bits per heavy atom. The zero-order valence-corrected chi connectivity index (χ0v) is 5.30. The minimum atomic E-state index is -4.47. The molecule has 0 saturated heterocycles. The molecule has 6 heteroatoms. The molecule has 0 heterocycles. The second-order valence-corrected chi connectivity index (χ2v) is 2.06. The third-order valence-corrected chi connectivity index (χ3v) is 0.588. The van der Waals surface area contributed by atoms with Crippen LogP contribution in [0.5, 0.6) is 0 Å². The van der Waals surface area contributed by atoms with Crippen molar-refractivity contribution in [3.8, 4) is 0 Å². The van der Waals surface area contributed by atoms with Crippen LogP contribution in [0.3, 0.4) is 0 Å². The maximum absolute atomic E-state index is 9.68. The molecule has 0 aromatic carbocycles. The van der Waals surface area contributed by atoms with Crippen molar-refractivity contribution in [1.82, 2.24) is 0 Å². The fourth-order valence-electron chi connectivity index (χ4n) is 0.137. The van der Waals surface area contributed by atoms with Crippen LogP contribution in [0.15, 0.2) is 12.7 Å². The van der Waals surface area contributed by atoms with Crippen LogP contribution in [0.1, 0.15) is 0 Å². The van der Waals surface area contributed by atoms with Crippen LogP contribution < -0.4 is 0 Å². The molecule has 0 fully saturated rings. The first kappa shape index (κ1) is 8.57. The Labute approximate surface area is 52.8 Å². The molecule has 0 aliphatic rings. The Morgan fingerprint density at radius 2 is 2.22 bits per heavy atom. The van der Waals surface area contributed by atoms with E-state index in [1.165, 1.54) is 6.08 Å². The van der Waals surface area contributed by atoms with Crippen molar-refractivity contribution in [2.75, 3.05) is 6.61 Å². The van der Waals surface area contributed by atoms with E-state index in [0.29, 0.717) is 0 Å². The molecule has 1 N–H and O–H groups in total. The van der Waals surface area contributed by atoms with Gasteiger partial charge in [0.1, 0.15) is 6.61 Å². The van der Waals surface area contributed by atoms with Gasteiger partial charge in [-0.15, -0.1) is 6.58 Å². The molecule has 5 nitrogen and oxygen atoms in total. The topological polar surface area (TPSA) is 72.8 Å². The van der Waals surface area contributed by atoms with Crippen molar-refractivity contribution in [2.45, 2.75) is 0 Å². The zero-order valence-electron chi connectivity index (χ0n) is 4.48. The van der Waals surface area contributed by atoms with Crippen molar-refractivity contribution in [1.29, 1.82) is 0 Å². The summed E-state index contributed by atoms with van der Waals surface area (Å²) in [6.45, 7) is 3.10. The van der Waals surface area contributed by atoms with E-state index < -0.39 is 10.4 Å². The first-order chi connectivity index (χ1) is 4.06. The second-order valence-electron chi connectivity index (χ2n) is 1.07. The molecule has 0 amide bonds. The molecule has 0 aliphatic heterocycles. The Morgan fingerprint density at radius 3 is 2.56 bits per heavy atom. The van der Waals surface area contributed by atoms with Crippen LogP contribution in [0.25, 0.3) is 0 Å². The molecular weight excluding hydrogens is 148 g/mol. The van der Waals surface area contributed by atoms with Gasteiger partial charge in [0.05, 0.1) is 0 Å². The summed E-state index contributed by atoms with van der Waals surface area (Å²) in [6, 6.07) is 0. The molecule has 0 radical (unpaired) electrons. The number of hydrogen-bond acceptors (Lipinski definition) is 4. The lowest BCUT2D eigenvalue weighted by Gasteiger charge is -1.93. The summed E-state index contributed by atoms with van der Waals surface area (Å²) >= 11 is 0. The highest BCUT2D eigenvalue weighted by Crippen LogP contribution is 1.86. The normalized spacial score (nSPS) is 11.2. The minimum Gasteiger partial charge on any atom is -0.262 e. The zero-order chi connectivity index (χ0) is 7.33. The summed E-state index contributed by atoms with van der Waals surface area (Å²) in [5, 5.41) is 0. The van der Waals surface area contributed by atoms with Crippen LogP contribution in [0.4, 0.5) is 0 Å². The van der Waals surface area contributed by atoms with Gasteiger partial charge in [-0.2, -0.15) is 8.42 Å². The highest BCUT2D eigenvalue weighted by molar-refractivity contribution is 7.80. The van der Waals surface area contributed by atoms with Crippen LogP contribution in [-0.4, -0.2) is 19.6 Å². The standard InChI is InChI=1S/C3H6O5S/c1-2-3-7-8-9(4,5)6/h2H,1,3H2,(H,4,5,6). The monoisotopic (exact) mass is 154 g/mol. The summed E-state index contributed by atoms with van der Waals surface area (Å²) in [4.78, 5) is 3.89. The summed E-state index contributed by atoms with van der Waals surface area (Å²) in [7, 11) is -4.47. The van der Waals surface area contributed by atoms with Gasteiger partial charge in [0.2, 0.25) is 0 Å². The van der Waals surface area contributed by atoms with Crippen LogP contribution in [-0.2, 0) is 19.6 Å². The average Bonchev–Trinajstić information content (AvgIpc) is 1.63. The minimum absolute atomic E-state index is 0.0974. The van der Waals surface area contributed by atoms with Gasteiger partial charge in [0.15, 0.2) is 0 Å². The van der Waals surface area contributed by atoms with Crippen LogP contribution >= 0.6 is 0 Å². The molecule has 0 spiro atoms. The van der Waals surface area contributed by atoms with E-state index in [1.54, 1.807) is 0 Å². The van der Waals surface area contributed by atoms with Gasteiger partial charge in [-0.3, -0.25) is 4.55 Å². The molecule has 0 rings (SSSR count). The third kappa shape index (κ3) is 7.57. The van der Waals surface area contributed by atoms with E-state index in [4.69, 9.17) is 4.55 Å². The molecule has 0 saturated carbocycles. The maximum atomic E-state index is 9.68. The first-order valence-corrected chi connectivity index (χ1v) is 3.32. The van der Waals surface area contributed by atoms with Crippen LogP contribution in [0, 0.1) is 0 Å². The van der Waals surface area contributed by atoms with E-state index in [9.17, 15) is 8.42 Å². The van der Waals surface area contributed by atoms with Gasteiger partial charge in [-0.1, -0.05) is 10.4 Å². The van der Waals surface area contributed by atoms with E-state index in [1.807, 2.05) is 0 Å². The predicted octanol–water partition coefficient (Wildman–Crippen LogP) is -0.0766. The Hall–Kier alpha value is -0.430. The van der Waals surface area contributed by atoms with Gasteiger partial charge in [-0.25, -0.2) is 4.89 Å². The first-order valence-electron chi connectivity index (χ1n) is 1.95. The molecule has 54 valence electrons. The highest BCUT2D eigenvalue weighted by atomic mass is 32.3. The van der Waals surface area contributed by atoms with E-state index in [-0.39, 0.29) is 6.61 Å². The van der Waals surface area contributed by atoms with Crippen molar-refractivity contribution in [3.63, 3.8) is 0 Å². The van der Waals surface area contributed by atoms with E-state index in [0.717, 1.165) is 0 Å². The van der Waals surface area contributed by atoms with Gasteiger partial charge in [0, 0.05) is 0 Å². The fraction of sp³-hybridized carbons (Fsp3) is 0.333. The Bertz CT molecular complexity index is 169. The largest absolute Gasteiger partial charge is 0.424 e. The molecule has 0 atom stereocenters. The van der Waals surface area contributed by atoms with Crippen LogP contribution in [0.2, 0.25) is 0 Å². The molecule has 0 unspecified atom stereocenters. The molecule has 0 aliphatic carbocycles. The third-order valence-electron chi connectivity index (χ3n) is 0.320. The van der Waals surface area contributed by atoms with Gasteiger partial charge >= 0.3 is 10.4 Å². The summed E-state index contributed by atoms with van der Waals surface area (Å²) in [5.41, 5.74) is 0. The van der Waals surface area contributed by atoms with Crippen molar-refractivity contribution < 1.29 is 22.2 Å². The number of rotatable bonds is 4. The van der Waals surface area contributed by atoms with Gasteiger partial charge < -0.3 is 0 Å². The lowest BCUT2D eigenvalue weighted by Crippen LogP contribution is -2.04. The molecule has 0 aromatic rings. The van der Waals surface area contributed by atoms with Crippen molar-refractivity contribution >= 4 is 10.4 Å². The van der Waals surface area contributed by atoms with E-state index >= 15 is 0 Å². The Kier molecular flexibility index (Phi) is 3.40. The van der Waals surface area contributed by atoms with Gasteiger partial charge in [0.25, 0.3) is 0 Å². The summed E-state index contributed by atoms with van der Waals surface area (Å²) < 4.78 is 30.6. The number of hydrogen-bond donors (Lipinski definition) is 1. The Balaban J connectivity index is 3.40. The quantitative estimate of drug-likeness (QED) is 0.201. The molecule has 0 aromatic heterocycles. The fourth-order valence-corrected chi connectivity index (χ4v) is 0.314.